The maximum atomic E-state index is 6.23. The smallest absolute Gasteiger partial charge is 0.0664 e. The SMILES string of the molecule is CC[C@H]1CCC2=Nc3cc(C)c(Cl)cc3CCC21. The molecule has 0 bridgehead atoms. The molecule has 1 aliphatic heterocycles. The van der Waals surface area contributed by atoms with Crippen molar-refractivity contribution in [2.24, 2.45) is 16.8 Å². The maximum Gasteiger partial charge on any atom is 0.0664 e. The van der Waals surface area contributed by atoms with Gasteiger partial charge in [0.2, 0.25) is 0 Å². The summed E-state index contributed by atoms with van der Waals surface area (Å²) in [5.41, 5.74) is 5.10. The summed E-state index contributed by atoms with van der Waals surface area (Å²) in [7, 11) is 0. The van der Waals surface area contributed by atoms with E-state index < -0.39 is 0 Å². The van der Waals surface area contributed by atoms with Crippen LogP contribution in [0.4, 0.5) is 5.69 Å². The van der Waals surface area contributed by atoms with Gasteiger partial charge in [0.1, 0.15) is 0 Å². The van der Waals surface area contributed by atoms with E-state index >= 15 is 0 Å². The molecule has 1 fully saturated rings. The van der Waals surface area contributed by atoms with Crippen LogP contribution in [0.5, 0.6) is 0 Å². The minimum Gasteiger partial charge on any atom is -0.257 e. The van der Waals surface area contributed by atoms with Gasteiger partial charge in [-0.3, -0.25) is 4.99 Å². The van der Waals surface area contributed by atoms with Crippen molar-refractivity contribution < 1.29 is 0 Å². The number of fused-ring (bicyclic) bond motifs is 2. The van der Waals surface area contributed by atoms with E-state index in [2.05, 4.69) is 26.0 Å². The quantitative estimate of drug-likeness (QED) is 0.667. The standard InChI is InChI=1S/C16H20ClN/c1-3-11-5-7-15-13(11)6-4-12-9-14(17)10(2)8-16(12)18-15/h8-9,11,13H,3-7H2,1-2H3/t11-,13?/m0/s1. The molecule has 0 saturated heterocycles. The first-order valence-corrected chi connectivity index (χ1v) is 7.43. The summed E-state index contributed by atoms with van der Waals surface area (Å²) in [6.07, 6.45) is 6.21. The van der Waals surface area contributed by atoms with Gasteiger partial charge in [-0.2, -0.15) is 0 Å². The van der Waals surface area contributed by atoms with E-state index in [9.17, 15) is 0 Å². The van der Waals surface area contributed by atoms with Crippen molar-refractivity contribution in [2.45, 2.75) is 46.0 Å². The van der Waals surface area contributed by atoms with E-state index in [1.165, 1.54) is 42.6 Å². The molecule has 2 atom stereocenters. The van der Waals surface area contributed by atoms with E-state index in [0.717, 1.165) is 28.8 Å². The van der Waals surface area contributed by atoms with Crippen LogP contribution in [0.15, 0.2) is 17.1 Å². The third-order valence-electron chi connectivity index (χ3n) is 4.64. The van der Waals surface area contributed by atoms with Crippen molar-refractivity contribution >= 4 is 23.0 Å². The molecule has 0 spiro atoms. The average Bonchev–Trinajstić information content (AvgIpc) is 2.66. The van der Waals surface area contributed by atoms with Crippen LogP contribution in [-0.2, 0) is 6.42 Å². The third kappa shape index (κ3) is 1.99. The molecule has 2 aliphatic rings. The van der Waals surface area contributed by atoms with Crippen LogP contribution < -0.4 is 0 Å². The van der Waals surface area contributed by atoms with Crippen LogP contribution in [0.1, 0.15) is 43.7 Å². The second-order valence-electron chi connectivity index (χ2n) is 5.69. The number of hydrogen-bond acceptors (Lipinski definition) is 1. The molecule has 1 heterocycles. The van der Waals surface area contributed by atoms with Crippen molar-refractivity contribution in [3.8, 4) is 0 Å². The van der Waals surface area contributed by atoms with Crippen LogP contribution in [0, 0.1) is 18.8 Å². The molecule has 0 aromatic heterocycles. The Morgan fingerprint density at radius 2 is 2.11 bits per heavy atom. The van der Waals surface area contributed by atoms with Gasteiger partial charge in [-0.05, 0) is 61.8 Å². The zero-order chi connectivity index (χ0) is 12.7. The predicted octanol–water partition coefficient (Wildman–Crippen LogP) is 5.10. The molecule has 3 rings (SSSR count). The van der Waals surface area contributed by atoms with Crippen LogP contribution in [0.25, 0.3) is 0 Å². The van der Waals surface area contributed by atoms with E-state index in [0.29, 0.717) is 0 Å². The Kier molecular flexibility index (Phi) is 3.19. The summed E-state index contributed by atoms with van der Waals surface area (Å²) in [6, 6.07) is 4.28. The Balaban J connectivity index is 2.01. The van der Waals surface area contributed by atoms with Crippen LogP contribution >= 0.6 is 11.6 Å². The van der Waals surface area contributed by atoms with Gasteiger partial charge in [-0.1, -0.05) is 24.9 Å². The Morgan fingerprint density at radius 1 is 1.28 bits per heavy atom. The highest BCUT2D eigenvalue weighted by Crippen LogP contribution is 2.40. The van der Waals surface area contributed by atoms with Crippen molar-refractivity contribution in [1.82, 2.24) is 0 Å². The summed E-state index contributed by atoms with van der Waals surface area (Å²) < 4.78 is 0. The van der Waals surface area contributed by atoms with Crippen LogP contribution in [0.2, 0.25) is 5.02 Å². The van der Waals surface area contributed by atoms with Gasteiger partial charge in [-0.25, -0.2) is 0 Å². The lowest BCUT2D eigenvalue weighted by molar-refractivity contribution is 0.406. The third-order valence-corrected chi connectivity index (χ3v) is 5.05. The lowest BCUT2D eigenvalue weighted by Gasteiger charge is -2.16. The highest BCUT2D eigenvalue weighted by Gasteiger charge is 2.33. The summed E-state index contributed by atoms with van der Waals surface area (Å²) in [6.45, 7) is 4.38. The second kappa shape index (κ2) is 4.70. The molecular weight excluding hydrogens is 242 g/mol. The number of halogens is 1. The molecule has 2 heteroatoms. The van der Waals surface area contributed by atoms with Gasteiger partial charge in [0, 0.05) is 16.7 Å². The highest BCUT2D eigenvalue weighted by atomic mass is 35.5. The van der Waals surface area contributed by atoms with Crippen molar-refractivity contribution in [2.75, 3.05) is 0 Å². The summed E-state index contributed by atoms with van der Waals surface area (Å²) >= 11 is 6.23. The van der Waals surface area contributed by atoms with Crippen LogP contribution in [0.3, 0.4) is 0 Å². The maximum absolute atomic E-state index is 6.23. The van der Waals surface area contributed by atoms with Gasteiger partial charge in [-0.15, -0.1) is 0 Å². The number of rotatable bonds is 1. The summed E-state index contributed by atoms with van der Waals surface area (Å²) in [5, 5.41) is 0.882. The number of aryl methyl sites for hydroxylation is 2. The number of nitrogens with zero attached hydrogens (tertiary/aromatic N) is 1. The minimum absolute atomic E-state index is 0.724. The molecule has 0 amide bonds. The van der Waals surface area contributed by atoms with E-state index in [4.69, 9.17) is 16.6 Å². The normalized spacial score (nSPS) is 26.3. The lowest BCUT2D eigenvalue weighted by Crippen LogP contribution is -2.13. The molecule has 96 valence electrons. The zero-order valence-electron chi connectivity index (χ0n) is 11.2. The van der Waals surface area contributed by atoms with E-state index in [1.807, 2.05) is 0 Å². The predicted molar refractivity (Wildman–Crippen MR) is 78.1 cm³/mol. The molecular formula is C16H20ClN. The fourth-order valence-electron chi connectivity index (χ4n) is 3.50. The van der Waals surface area contributed by atoms with Gasteiger partial charge >= 0.3 is 0 Å². The molecule has 1 nitrogen and oxygen atoms in total. The largest absolute Gasteiger partial charge is 0.257 e. The van der Waals surface area contributed by atoms with Crippen molar-refractivity contribution in [3.63, 3.8) is 0 Å². The minimum atomic E-state index is 0.724. The molecule has 1 unspecified atom stereocenters. The Bertz CT molecular complexity index is 504. The molecule has 18 heavy (non-hydrogen) atoms. The highest BCUT2D eigenvalue weighted by molar-refractivity contribution is 6.31. The van der Waals surface area contributed by atoms with Crippen LogP contribution in [-0.4, -0.2) is 5.71 Å². The van der Waals surface area contributed by atoms with E-state index in [-0.39, 0.29) is 0 Å². The van der Waals surface area contributed by atoms with Gasteiger partial charge in [0.25, 0.3) is 0 Å². The van der Waals surface area contributed by atoms with E-state index in [1.54, 1.807) is 0 Å². The Hall–Kier alpha value is -0.820. The molecule has 1 aliphatic carbocycles. The first kappa shape index (κ1) is 12.2. The fraction of sp³-hybridized carbons (Fsp3) is 0.562. The lowest BCUT2D eigenvalue weighted by atomic mass is 9.88. The molecule has 1 saturated carbocycles. The second-order valence-corrected chi connectivity index (χ2v) is 6.09. The molecule has 0 N–H and O–H groups in total. The Morgan fingerprint density at radius 3 is 2.89 bits per heavy atom. The number of hydrogen-bond donors (Lipinski definition) is 0. The topological polar surface area (TPSA) is 12.4 Å². The molecule has 1 aromatic rings. The summed E-state index contributed by atoms with van der Waals surface area (Å²) in [4.78, 5) is 4.96. The Labute approximate surface area is 114 Å². The van der Waals surface area contributed by atoms with Gasteiger partial charge < -0.3 is 0 Å². The van der Waals surface area contributed by atoms with Gasteiger partial charge in [0.15, 0.2) is 0 Å². The van der Waals surface area contributed by atoms with Gasteiger partial charge in [0.05, 0.1) is 5.69 Å². The van der Waals surface area contributed by atoms with Crippen molar-refractivity contribution in [1.29, 1.82) is 0 Å². The monoisotopic (exact) mass is 261 g/mol. The number of aliphatic imine (C=N–C) groups is 1. The van der Waals surface area contributed by atoms with Crippen molar-refractivity contribution in [3.05, 3.63) is 28.3 Å². The first-order valence-electron chi connectivity index (χ1n) is 7.05. The molecule has 1 aromatic carbocycles. The number of benzene rings is 1. The first-order chi connectivity index (χ1) is 8.69. The summed E-state index contributed by atoms with van der Waals surface area (Å²) in [5.74, 6) is 1.58. The zero-order valence-corrected chi connectivity index (χ0v) is 11.9. The fourth-order valence-corrected chi connectivity index (χ4v) is 3.69. The molecule has 0 radical (unpaired) electrons. The average molecular weight is 262 g/mol.